The van der Waals surface area contributed by atoms with Crippen molar-refractivity contribution in [2.45, 2.75) is 25.4 Å². The van der Waals surface area contributed by atoms with E-state index in [1.165, 1.54) is 12.1 Å². The fraction of sp³-hybridized carbons (Fsp3) is 0.308. The van der Waals surface area contributed by atoms with E-state index in [9.17, 15) is 4.79 Å². The summed E-state index contributed by atoms with van der Waals surface area (Å²) < 4.78 is 11.2. The van der Waals surface area contributed by atoms with Crippen molar-refractivity contribution < 1.29 is 19.2 Å². The molecule has 0 atom stereocenters. The summed E-state index contributed by atoms with van der Waals surface area (Å²) in [5, 5.41) is 12.7. The largest absolute Gasteiger partial charge is 0.484 e. The van der Waals surface area contributed by atoms with Crippen LogP contribution >= 0.6 is 15.9 Å². The van der Waals surface area contributed by atoms with Crippen LogP contribution in [0.3, 0.4) is 0 Å². The van der Waals surface area contributed by atoms with Crippen LogP contribution in [0.5, 0.6) is 5.75 Å². The Hall–Kier alpha value is -1.89. The van der Waals surface area contributed by atoms with Crippen LogP contribution in [0, 0.1) is 0 Å². The Kier molecular flexibility index (Phi) is 3.43. The molecule has 0 radical (unpaired) electrons. The lowest BCUT2D eigenvalue weighted by Crippen LogP contribution is -2.00. The molecule has 1 aromatic carbocycles. The first-order valence-corrected chi connectivity index (χ1v) is 6.91. The number of hydrogen-bond acceptors (Lipinski definition) is 5. The summed E-state index contributed by atoms with van der Waals surface area (Å²) >= 11 is 3.27. The van der Waals surface area contributed by atoms with Gasteiger partial charge in [0.2, 0.25) is 11.7 Å². The molecule has 2 aromatic rings. The van der Waals surface area contributed by atoms with Crippen molar-refractivity contribution in [1.29, 1.82) is 0 Å². The number of rotatable bonds is 5. The lowest BCUT2D eigenvalue weighted by molar-refractivity contribution is 0.0696. The van der Waals surface area contributed by atoms with Crippen molar-refractivity contribution in [2.75, 3.05) is 0 Å². The number of benzene rings is 1. The van der Waals surface area contributed by atoms with Crippen LogP contribution in [-0.2, 0) is 6.61 Å². The van der Waals surface area contributed by atoms with E-state index >= 15 is 0 Å². The Morgan fingerprint density at radius 2 is 2.30 bits per heavy atom. The van der Waals surface area contributed by atoms with Gasteiger partial charge in [0.1, 0.15) is 5.75 Å². The monoisotopic (exact) mass is 338 g/mol. The van der Waals surface area contributed by atoms with Crippen LogP contribution in [-0.4, -0.2) is 21.2 Å². The van der Waals surface area contributed by atoms with E-state index in [-0.39, 0.29) is 12.2 Å². The van der Waals surface area contributed by atoms with Gasteiger partial charge in [0.25, 0.3) is 0 Å². The number of halogens is 1. The summed E-state index contributed by atoms with van der Waals surface area (Å²) in [7, 11) is 0. The Bertz CT molecular complexity index is 652. The smallest absolute Gasteiger partial charge is 0.335 e. The predicted molar refractivity (Wildman–Crippen MR) is 71.7 cm³/mol. The van der Waals surface area contributed by atoms with Gasteiger partial charge in [-0.25, -0.2) is 4.79 Å². The zero-order valence-corrected chi connectivity index (χ0v) is 12.0. The number of aromatic nitrogens is 2. The molecule has 6 nitrogen and oxygen atoms in total. The quantitative estimate of drug-likeness (QED) is 0.901. The summed E-state index contributed by atoms with van der Waals surface area (Å²) in [5.41, 5.74) is 0.194. The highest BCUT2D eigenvalue weighted by Gasteiger charge is 2.29. The van der Waals surface area contributed by atoms with Gasteiger partial charge in [0, 0.05) is 5.92 Å². The molecule has 20 heavy (non-hydrogen) atoms. The first kappa shape index (κ1) is 13.1. The van der Waals surface area contributed by atoms with Gasteiger partial charge in [-0.1, -0.05) is 5.16 Å². The molecule has 1 fully saturated rings. The second kappa shape index (κ2) is 5.24. The van der Waals surface area contributed by atoms with E-state index in [1.54, 1.807) is 6.07 Å². The van der Waals surface area contributed by atoms with Gasteiger partial charge < -0.3 is 14.4 Å². The van der Waals surface area contributed by atoms with Gasteiger partial charge in [0.05, 0.1) is 10.0 Å². The molecule has 0 spiro atoms. The van der Waals surface area contributed by atoms with Crippen molar-refractivity contribution in [3.63, 3.8) is 0 Å². The molecule has 1 aromatic heterocycles. The fourth-order valence-electron chi connectivity index (χ4n) is 1.72. The molecule has 1 aliphatic carbocycles. The standard InChI is InChI=1S/C13H11BrN2O4/c14-9-5-8(13(17)18)3-4-10(9)19-6-11-15-12(20-16-11)7-1-2-7/h3-5,7H,1-2,6H2,(H,17,18). The van der Waals surface area contributed by atoms with Crippen LogP contribution in [0.4, 0.5) is 0 Å². The fourth-order valence-corrected chi connectivity index (χ4v) is 2.21. The minimum absolute atomic E-state index is 0.182. The van der Waals surface area contributed by atoms with E-state index < -0.39 is 5.97 Å². The Labute approximate surface area is 122 Å². The molecule has 1 aliphatic rings. The van der Waals surface area contributed by atoms with E-state index in [2.05, 4.69) is 26.1 Å². The van der Waals surface area contributed by atoms with Gasteiger partial charge in [0.15, 0.2) is 6.61 Å². The SMILES string of the molecule is O=C(O)c1ccc(OCc2noc(C3CC3)n2)c(Br)c1. The number of carbonyl (C=O) groups is 1. The molecule has 1 heterocycles. The number of carboxylic acid groups (broad SMARTS) is 1. The molecule has 7 heteroatoms. The maximum Gasteiger partial charge on any atom is 0.335 e. The second-order valence-corrected chi connectivity index (χ2v) is 5.42. The number of ether oxygens (including phenoxy) is 1. The number of nitrogens with zero attached hydrogens (tertiary/aromatic N) is 2. The number of aromatic carboxylic acids is 1. The average molecular weight is 339 g/mol. The summed E-state index contributed by atoms with van der Waals surface area (Å²) in [6, 6.07) is 4.56. The van der Waals surface area contributed by atoms with E-state index in [1.807, 2.05) is 0 Å². The summed E-state index contributed by atoms with van der Waals surface area (Å²) in [6.07, 6.45) is 2.20. The van der Waals surface area contributed by atoms with Crippen molar-refractivity contribution in [3.8, 4) is 5.75 Å². The maximum atomic E-state index is 10.8. The van der Waals surface area contributed by atoms with Crippen molar-refractivity contribution in [1.82, 2.24) is 10.1 Å². The second-order valence-electron chi connectivity index (χ2n) is 4.56. The zero-order valence-electron chi connectivity index (χ0n) is 10.4. The minimum atomic E-state index is -0.982. The van der Waals surface area contributed by atoms with Gasteiger partial charge in [-0.2, -0.15) is 4.98 Å². The Morgan fingerprint density at radius 3 is 2.95 bits per heavy atom. The molecule has 0 bridgehead atoms. The van der Waals surface area contributed by atoms with Crippen LogP contribution < -0.4 is 4.74 Å². The third kappa shape index (κ3) is 2.82. The maximum absolute atomic E-state index is 10.8. The van der Waals surface area contributed by atoms with Gasteiger partial charge in [-0.05, 0) is 47.0 Å². The first-order chi connectivity index (χ1) is 9.63. The van der Waals surface area contributed by atoms with Crippen LogP contribution in [0.25, 0.3) is 0 Å². The summed E-state index contributed by atoms with van der Waals surface area (Å²) in [4.78, 5) is 15.1. The molecule has 0 saturated heterocycles. The third-order valence-corrected chi connectivity index (χ3v) is 3.57. The summed E-state index contributed by atoms with van der Waals surface area (Å²) in [6.45, 7) is 0.182. The van der Waals surface area contributed by atoms with Crippen LogP contribution in [0.1, 0.15) is 40.8 Å². The molecule has 0 amide bonds. The van der Waals surface area contributed by atoms with Crippen LogP contribution in [0.15, 0.2) is 27.2 Å². The van der Waals surface area contributed by atoms with Crippen molar-refractivity contribution in [2.24, 2.45) is 0 Å². The average Bonchev–Trinajstić information content (AvgIpc) is 3.17. The van der Waals surface area contributed by atoms with Gasteiger partial charge in [-0.3, -0.25) is 0 Å². The normalized spacial score (nSPS) is 14.2. The molecular formula is C13H11BrN2O4. The van der Waals surface area contributed by atoms with Crippen molar-refractivity contribution in [3.05, 3.63) is 40.0 Å². The number of carboxylic acids is 1. The molecule has 1 saturated carbocycles. The van der Waals surface area contributed by atoms with Crippen molar-refractivity contribution >= 4 is 21.9 Å². The lowest BCUT2D eigenvalue weighted by atomic mass is 10.2. The molecule has 1 N–H and O–H groups in total. The van der Waals surface area contributed by atoms with Gasteiger partial charge >= 0.3 is 5.97 Å². The zero-order chi connectivity index (χ0) is 14.1. The van der Waals surface area contributed by atoms with E-state index in [0.717, 1.165) is 12.8 Å². The Morgan fingerprint density at radius 1 is 1.50 bits per heavy atom. The molecule has 0 unspecified atom stereocenters. The number of hydrogen-bond donors (Lipinski definition) is 1. The first-order valence-electron chi connectivity index (χ1n) is 6.11. The highest BCUT2D eigenvalue weighted by atomic mass is 79.9. The third-order valence-electron chi connectivity index (χ3n) is 2.95. The topological polar surface area (TPSA) is 85.5 Å². The predicted octanol–water partition coefficient (Wildman–Crippen LogP) is 2.99. The molecule has 0 aliphatic heterocycles. The molecule has 3 rings (SSSR count). The van der Waals surface area contributed by atoms with Crippen LogP contribution in [0.2, 0.25) is 0 Å². The lowest BCUT2D eigenvalue weighted by Gasteiger charge is -2.06. The summed E-state index contributed by atoms with van der Waals surface area (Å²) in [5.74, 6) is 1.13. The highest BCUT2D eigenvalue weighted by molar-refractivity contribution is 9.10. The Balaban J connectivity index is 1.66. The van der Waals surface area contributed by atoms with E-state index in [0.29, 0.717) is 27.9 Å². The highest BCUT2D eigenvalue weighted by Crippen LogP contribution is 2.38. The minimum Gasteiger partial charge on any atom is -0.484 e. The molecule has 104 valence electrons. The van der Waals surface area contributed by atoms with E-state index in [4.69, 9.17) is 14.4 Å². The molecular weight excluding hydrogens is 328 g/mol. The van der Waals surface area contributed by atoms with Gasteiger partial charge in [-0.15, -0.1) is 0 Å².